The Hall–Kier alpha value is -1.36. The molecular formula is C12H9F3OS. The van der Waals surface area contributed by atoms with E-state index < -0.39 is 11.7 Å². The molecule has 0 aliphatic rings. The summed E-state index contributed by atoms with van der Waals surface area (Å²) in [5, 5.41) is 0.743. The molecule has 0 spiro atoms. The quantitative estimate of drug-likeness (QED) is 0.734. The molecule has 2 aromatic rings. The molecule has 0 atom stereocenters. The first kappa shape index (κ1) is 12.1. The Morgan fingerprint density at radius 3 is 2.59 bits per heavy atom. The molecule has 17 heavy (non-hydrogen) atoms. The average molecular weight is 258 g/mol. The van der Waals surface area contributed by atoms with Crippen molar-refractivity contribution in [2.24, 2.45) is 0 Å². The van der Waals surface area contributed by atoms with Crippen LogP contribution in [0.5, 0.6) is 0 Å². The second-order valence-corrected chi connectivity index (χ2v) is 4.71. The van der Waals surface area contributed by atoms with Gasteiger partial charge in [-0.25, -0.2) is 0 Å². The number of aldehydes is 1. The van der Waals surface area contributed by atoms with E-state index in [2.05, 4.69) is 0 Å². The SMILES string of the molecule is CCc1c(C=O)sc2cc(C(F)(F)F)ccc12. The van der Waals surface area contributed by atoms with Crippen molar-refractivity contribution >= 4 is 27.7 Å². The molecule has 90 valence electrons. The fourth-order valence-electron chi connectivity index (χ4n) is 1.81. The van der Waals surface area contributed by atoms with Gasteiger partial charge < -0.3 is 0 Å². The summed E-state index contributed by atoms with van der Waals surface area (Å²) in [5.74, 6) is 0. The van der Waals surface area contributed by atoms with Gasteiger partial charge in [0, 0.05) is 4.70 Å². The zero-order valence-electron chi connectivity index (χ0n) is 8.97. The molecule has 0 fully saturated rings. The maximum Gasteiger partial charge on any atom is 0.416 e. The number of aryl methyl sites for hydroxylation is 1. The lowest BCUT2D eigenvalue weighted by Crippen LogP contribution is -2.03. The lowest BCUT2D eigenvalue weighted by molar-refractivity contribution is -0.137. The lowest BCUT2D eigenvalue weighted by Gasteiger charge is -2.06. The molecule has 0 amide bonds. The van der Waals surface area contributed by atoms with Gasteiger partial charge in [0.25, 0.3) is 0 Å². The van der Waals surface area contributed by atoms with Gasteiger partial charge in [-0.1, -0.05) is 13.0 Å². The number of halogens is 3. The molecule has 1 nitrogen and oxygen atoms in total. The normalized spacial score (nSPS) is 12.0. The number of hydrogen-bond donors (Lipinski definition) is 0. The van der Waals surface area contributed by atoms with E-state index >= 15 is 0 Å². The van der Waals surface area contributed by atoms with Crippen LogP contribution in [0.25, 0.3) is 10.1 Å². The maximum atomic E-state index is 12.5. The summed E-state index contributed by atoms with van der Waals surface area (Å²) in [4.78, 5) is 11.3. The molecule has 1 aromatic carbocycles. The molecule has 0 saturated heterocycles. The van der Waals surface area contributed by atoms with Crippen LogP contribution >= 0.6 is 11.3 Å². The highest BCUT2D eigenvalue weighted by atomic mass is 32.1. The van der Waals surface area contributed by atoms with Crippen molar-refractivity contribution in [2.45, 2.75) is 19.5 Å². The zero-order chi connectivity index (χ0) is 12.6. The van der Waals surface area contributed by atoms with Crippen molar-refractivity contribution in [2.75, 3.05) is 0 Å². The van der Waals surface area contributed by atoms with E-state index in [4.69, 9.17) is 0 Å². The number of carbonyl (C=O) groups excluding carboxylic acids is 1. The van der Waals surface area contributed by atoms with Gasteiger partial charge in [0.05, 0.1) is 10.4 Å². The summed E-state index contributed by atoms with van der Waals surface area (Å²) < 4.78 is 38.1. The Labute approximate surface area is 99.9 Å². The molecule has 0 saturated carbocycles. The van der Waals surface area contributed by atoms with Gasteiger partial charge in [0.2, 0.25) is 0 Å². The Balaban J connectivity index is 2.68. The molecule has 0 N–H and O–H groups in total. The third kappa shape index (κ3) is 2.07. The first-order chi connectivity index (χ1) is 7.97. The molecule has 5 heteroatoms. The molecule has 0 unspecified atom stereocenters. The molecule has 0 radical (unpaired) electrons. The fraction of sp³-hybridized carbons (Fsp3) is 0.250. The summed E-state index contributed by atoms with van der Waals surface area (Å²) in [6.07, 6.45) is -3.00. The third-order valence-corrected chi connectivity index (χ3v) is 3.73. The fourth-order valence-corrected chi connectivity index (χ4v) is 2.95. The highest BCUT2D eigenvalue weighted by molar-refractivity contribution is 7.20. The largest absolute Gasteiger partial charge is 0.416 e. The lowest BCUT2D eigenvalue weighted by atomic mass is 10.1. The van der Waals surface area contributed by atoms with Crippen molar-refractivity contribution in [3.05, 3.63) is 34.2 Å². The van der Waals surface area contributed by atoms with Gasteiger partial charge in [0.1, 0.15) is 0 Å². The highest BCUT2D eigenvalue weighted by Gasteiger charge is 2.30. The van der Waals surface area contributed by atoms with Crippen LogP contribution in [-0.2, 0) is 12.6 Å². The third-order valence-electron chi connectivity index (χ3n) is 2.61. The van der Waals surface area contributed by atoms with Gasteiger partial charge >= 0.3 is 6.18 Å². The second kappa shape index (κ2) is 4.14. The topological polar surface area (TPSA) is 17.1 Å². The summed E-state index contributed by atoms with van der Waals surface area (Å²) in [7, 11) is 0. The number of rotatable bonds is 2. The molecule has 0 aliphatic heterocycles. The van der Waals surface area contributed by atoms with E-state index in [0.29, 0.717) is 22.3 Å². The van der Waals surface area contributed by atoms with Crippen LogP contribution in [0.15, 0.2) is 18.2 Å². The minimum absolute atomic E-state index is 0.513. The molecule has 1 heterocycles. The zero-order valence-corrected chi connectivity index (χ0v) is 9.78. The first-order valence-electron chi connectivity index (χ1n) is 5.05. The maximum absolute atomic E-state index is 12.5. The predicted octanol–water partition coefficient (Wildman–Crippen LogP) is 4.30. The van der Waals surface area contributed by atoms with E-state index in [1.807, 2.05) is 6.92 Å². The van der Waals surface area contributed by atoms with Crippen molar-refractivity contribution in [3.63, 3.8) is 0 Å². The molecule has 0 aliphatic carbocycles. The number of carbonyl (C=O) groups is 1. The smallest absolute Gasteiger partial charge is 0.297 e. The van der Waals surface area contributed by atoms with Crippen LogP contribution in [0.2, 0.25) is 0 Å². The minimum Gasteiger partial charge on any atom is -0.297 e. The van der Waals surface area contributed by atoms with Crippen LogP contribution in [0.1, 0.15) is 27.7 Å². The number of hydrogen-bond acceptors (Lipinski definition) is 2. The van der Waals surface area contributed by atoms with E-state index in [0.717, 1.165) is 34.4 Å². The highest BCUT2D eigenvalue weighted by Crippen LogP contribution is 2.36. The number of benzene rings is 1. The summed E-state index contributed by atoms with van der Waals surface area (Å²) in [6.45, 7) is 1.88. The molecule has 2 rings (SSSR count). The van der Waals surface area contributed by atoms with E-state index in [1.54, 1.807) is 0 Å². The van der Waals surface area contributed by atoms with Crippen LogP contribution in [0, 0.1) is 0 Å². The molecule has 0 bridgehead atoms. The van der Waals surface area contributed by atoms with Crippen LogP contribution in [0.3, 0.4) is 0 Å². The minimum atomic E-state index is -4.34. The van der Waals surface area contributed by atoms with Gasteiger partial charge in [-0.05, 0) is 29.5 Å². The first-order valence-corrected chi connectivity index (χ1v) is 5.86. The summed E-state index contributed by atoms with van der Waals surface area (Å²) in [6, 6.07) is 3.61. The van der Waals surface area contributed by atoms with Gasteiger partial charge in [-0.2, -0.15) is 13.2 Å². The second-order valence-electron chi connectivity index (χ2n) is 3.62. The summed E-state index contributed by atoms with van der Waals surface area (Å²) in [5.41, 5.74) is 0.153. The molecule has 1 aromatic heterocycles. The average Bonchev–Trinajstić information content (AvgIpc) is 2.64. The van der Waals surface area contributed by atoms with Crippen LogP contribution in [-0.4, -0.2) is 6.29 Å². The van der Waals surface area contributed by atoms with Crippen LogP contribution in [0.4, 0.5) is 13.2 Å². The standard InChI is InChI=1S/C12H9F3OS/c1-2-8-9-4-3-7(12(13,14)15)5-10(9)17-11(8)6-16/h3-6H,2H2,1H3. The Morgan fingerprint density at radius 2 is 2.06 bits per heavy atom. The van der Waals surface area contributed by atoms with Crippen LogP contribution < -0.4 is 0 Å². The van der Waals surface area contributed by atoms with Crippen molar-refractivity contribution in [1.82, 2.24) is 0 Å². The van der Waals surface area contributed by atoms with Crippen molar-refractivity contribution in [3.8, 4) is 0 Å². The summed E-state index contributed by atoms with van der Waals surface area (Å²) >= 11 is 1.11. The van der Waals surface area contributed by atoms with Crippen molar-refractivity contribution < 1.29 is 18.0 Å². The van der Waals surface area contributed by atoms with Gasteiger partial charge in [0.15, 0.2) is 6.29 Å². The Kier molecular flexibility index (Phi) is 2.95. The van der Waals surface area contributed by atoms with Crippen molar-refractivity contribution in [1.29, 1.82) is 0 Å². The van der Waals surface area contributed by atoms with Gasteiger partial charge in [-0.15, -0.1) is 11.3 Å². The van der Waals surface area contributed by atoms with Gasteiger partial charge in [-0.3, -0.25) is 4.79 Å². The number of thiophene rings is 1. The van der Waals surface area contributed by atoms with E-state index in [9.17, 15) is 18.0 Å². The number of alkyl halides is 3. The predicted molar refractivity (Wildman–Crippen MR) is 61.6 cm³/mol. The Bertz CT molecular complexity index is 569. The molecular weight excluding hydrogens is 249 g/mol. The van der Waals surface area contributed by atoms with E-state index in [1.165, 1.54) is 6.07 Å². The van der Waals surface area contributed by atoms with E-state index in [-0.39, 0.29) is 0 Å². The number of fused-ring (bicyclic) bond motifs is 1. The monoisotopic (exact) mass is 258 g/mol. The Morgan fingerprint density at radius 1 is 1.35 bits per heavy atom.